The van der Waals surface area contributed by atoms with Gasteiger partial charge in [0, 0.05) is 12.6 Å². The molecule has 0 spiro atoms. The molecule has 0 amide bonds. The number of piperidine rings is 1. The van der Waals surface area contributed by atoms with Gasteiger partial charge in [0.2, 0.25) is 0 Å². The molecule has 1 fully saturated rings. The minimum Gasteiger partial charge on any atom is -0.360 e. The van der Waals surface area contributed by atoms with Crippen molar-refractivity contribution in [3.05, 3.63) is 17.5 Å². The third-order valence-electron chi connectivity index (χ3n) is 3.57. The summed E-state index contributed by atoms with van der Waals surface area (Å²) in [5.74, 6) is 1.83. The molecule has 102 valence electrons. The average Bonchev–Trinajstić information content (AvgIpc) is 2.76. The van der Waals surface area contributed by atoms with E-state index in [4.69, 9.17) is 4.52 Å². The fourth-order valence-electron chi connectivity index (χ4n) is 2.69. The van der Waals surface area contributed by atoms with Gasteiger partial charge in [0.05, 0.1) is 12.2 Å². The van der Waals surface area contributed by atoms with Gasteiger partial charge < -0.3 is 9.84 Å². The zero-order chi connectivity index (χ0) is 12.8. The molecule has 0 radical (unpaired) electrons. The molecule has 1 aliphatic heterocycles. The quantitative estimate of drug-likeness (QED) is 0.841. The lowest BCUT2D eigenvalue weighted by atomic mass is 9.97. The van der Waals surface area contributed by atoms with Gasteiger partial charge in [-0.2, -0.15) is 0 Å². The SMILES string of the molecule is CCCN(Cc1cc(C)no1)CC1CCNCC1. The van der Waals surface area contributed by atoms with E-state index in [-0.39, 0.29) is 0 Å². The van der Waals surface area contributed by atoms with E-state index in [2.05, 4.69) is 22.3 Å². The Kier molecular flexibility index (Phi) is 5.20. The molecule has 4 heteroatoms. The first kappa shape index (κ1) is 13.6. The second-order valence-electron chi connectivity index (χ2n) is 5.36. The van der Waals surface area contributed by atoms with Crippen molar-refractivity contribution in [2.45, 2.75) is 39.7 Å². The van der Waals surface area contributed by atoms with Crippen molar-refractivity contribution in [3.8, 4) is 0 Å². The Balaban J connectivity index is 1.86. The summed E-state index contributed by atoms with van der Waals surface area (Å²) in [6, 6.07) is 2.05. The van der Waals surface area contributed by atoms with Crippen molar-refractivity contribution < 1.29 is 4.52 Å². The zero-order valence-corrected chi connectivity index (χ0v) is 11.6. The van der Waals surface area contributed by atoms with Crippen molar-refractivity contribution in [2.24, 2.45) is 5.92 Å². The van der Waals surface area contributed by atoms with Gasteiger partial charge in [-0.15, -0.1) is 0 Å². The van der Waals surface area contributed by atoms with Gasteiger partial charge >= 0.3 is 0 Å². The van der Waals surface area contributed by atoms with Crippen LogP contribution in [0.5, 0.6) is 0 Å². The van der Waals surface area contributed by atoms with Crippen LogP contribution in [0, 0.1) is 12.8 Å². The van der Waals surface area contributed by atoms with E-state index in [1.165, 1.54) is 38.9 Å². The molecule has 1 saturated heterocycles. The third kappa shape index (κ3) is 4.10. The maximum absolute atomic E-state index is 5.33. The monoisotopic (exact) mass is 251 g/mol. The summed E-state index contributed by atoms with van der Waals surface area (Å²) in [6.07, 6.45) is 3.80. The second kappa shape index (κ2) is 6.90. The van der Waals surface area contributed by atoms with Crippen molar-refractivity contribution in [3.63, 3.8) is 0 Å². The molecule has 0 aromatic carbocycles. The first-order chi connectivity index (χ1) is 8.78. The molecule has 1 aromatic rings. The van der Waals surface area contributed by atoms with E-state index in [9.17, 15) is 0 Å². The van der Waals surface area contributed by atoms with Crippen LogP contribution in [0.4, 0.5) is 0 Å². The van der Waals surface area contributed by atoms with Crippen LogP contribution in [-0.2, 0) is 6.54 Å². The fourth-order valence-corrected chi connectivity index (χ4v) is 2.69. The molecule has 4 nitrogen and oxygen atoms in total. The predicted octanol–water partition coefficient (Wildman–Crippen LogP) is 2.19. The van der Waals surface area contributed by atoms with Crippen molar-refractivity contribution in [1.82, 2.24) is 15.4 Å². The average molecular weight is 251 g/mol. The highest BCUT2D eigenvalue weighted by atomic mass is 16.5. The van der Waals surface area contributed by atoms with E-state index in [0.29, 0.717) is 0 Å². The summed E-state index contributed by atoms with van der Waals surface area (Å²) in [7, 11) is 0. The Hall–Kier alpha value is -0.870. The molecule has 0 saturated carbocycles. The van der Waals surface area contributed by atoms with E-state index >= 15 is 0 Å². The molecule has 0 atom stereocenters. The van der Waals surface area contributed by atoms with E-state index < -0.39 is 0 Å². The van der Waals surface area contributed by atoms with Gasteiger partial charge in [0.25, 0.3) is 0 Å². The van der Waals surface area contributed by atoms with Gasteiger partial charge in [-0.3, -0.25) is 4.90 Å². The molecular weight excluding hydrogens is 226 g/mol. The van der Waals surface area contributed by atoms with Gasteiger partial charge in [-0.25, -0.2) is 0 Å². The number of aromatic nitrogens is 1. The molecule has 0 aliphatic carbocycles. The smallest absolute Gasteiger partial charge is 0.150 e. The molecule has 1 aromatic heterocycles. The lowest BCUT2D eigenvalue weighted by Crippen LogP contribution is -2.36. The van der Waals surface area contributed by atoms with E-state index in [0.717, 1.165) is 30.5 Å². The Bertz CT molecular complexity index is 345. The highest BCUT2D eigenvalue weighted by Gasteiger charge is 2.17. The van der Waals surface area contributed by atoms with Crippen LogP contribution >= 0.6 is 0 Å². The fraction of sp³-hybridized carbons (Fsp3) is 0.786. The van der Waals surface area contributed by atoms with Gasteiger partial charge in [0.15, 0.2) is 5.76 Å². The van der Waals surface area contributed by atoms with Crippen LogP contribution in [0.2, 0.25) is 0 Å². The highest BCUT2D eigenvalue weighted by molar-refractivity contribution is 5.02. The summed E-state index contributed by atoms with van der Waals surface area (Å²) in [4.78, 5) is 2.51. The second-order valence-corrected chi connectivity index (χ2v) is 5.36. The number of aryl methyl sites for hydroxylation is 1. The van der Waals surface area contributed by atoms with Crippen molar-refractivity contribution in [2.75, 3.05) is 26.2 Å². The zero-order valence-electron chi connectivity index (χ0n) is 11.6. The van der Waals surface area contributed by atoms with Gasteiger partial charge in [-0.05, 0) is 51.7 Å². The minimum atomic E-state index is 0.835. The molecular formula is C14H25N3O. The lowest BCUT2D eigenvalue weighted by Gasteiger charge is -2.29. The predicted molar refractivity (Wildman–Crippen MR) is 72.4 cm³/mol. The molecule has 2 heterocycles. The molecule has 18 heavy (non-hydrogen) atoms. The summed E-state index contributed by atoms with van der Waals surface area (Å²) in [6.45, 7) is 9.79. The number of nitrogens with zero attached hydrogens (tertiary/aromatic N) is 2. The van der Waals surface area contributed by atoms with Crippen molar-refractivity contribution in [1.29, 1.82) is 0 Å². The lowest BCUT2D eigenvalue weighted by molar-refractivity contribution is 0.181. The van der Waals surface area contributed by atoms with Gasteiger partial charge in [-0.1, -0.05) is 12.1 Å². The summed E-state index contributed by atoms with van der Waals surface area (Å²) >= 11 is 0. The Morgan fingerprint density at radius 1 is 1.44 bits per heavy atom. The third-order valence-corrected chi connectivity index (χ3v) is 3.57. The molecule has 1 N–H and O–H groups in total. The summed E-state index contributed by atoms with van der Waals surface area (Å²) in [5.41, 5.74) is 0.975. The Morgan fingerprint density at radius 2 is 2.22 bits per heavy atom. The standard InChI is InChI=1S/C14H25N3O/c1-3-8-17(10-13-4-6-15-7-5-13)11-14-9-12(2)16-18-14/h9,13,15H,3-8,10-11H2,1-2H3. The molecule has 2 rings (SSSR count). The van der Waals surface area contributed by atoms with Crippen LogP contribution in [0.3, 0.4) is 0 Å². The van der Waals surface area contributed by atoms with Gasteiger partial charge in [0.1, 0.15) is 0 Å². The van der Waals surface area contributed by atoms with Crippen molar-refractivity contribution >= 4 is 0 Å². The number of hydrogen-bond acceptors (Lipinski definition) is 4. The van der Waals surface area contributed by atoms with Crippen LogP contribution in [-0.4, -0.2) is 36.2 Å². The van der Waals surface area contributed by atoms with Crippen LogP contribution in [0.25, 0.3) is 0 Å². The summed E-state index contributed by atoms with van der Waals surface area (Å²) < 4.78 is 5.33. The van der Waals surface area contributed by atoms with Crippen LogP contribution in [0.15, 0.2) is 10.6 Å². The first-order valence-electron chi connectivity index (χ1n) is 7.13. The molecule has 1 aliphatic rings. The topological polar surface area (TPSA) is 41.3 Å². The largest absolute Gasteiger partial charge is 0.360 e. The first-order valence-corrected chi connectivity index (χ1v) is 7.13. The van der Waals surface area contributed by atoms with E-state index in [1.807, 2.05) is 13.0 Å². The number of rotatable bonds is 6. The number of nitrogens with one attached hydrogen (secondary N) is 1. The normalized spacial score (nSPS) is 17.5. The highest BCUT2D eigenvalue weighted by Crippen LogP contribution is 2.16. The summed E-state index contributed by atoms with van der Waals surface area (Å²) in [5, 5.41) is 7.39. The Morgan fingerprint density at radius 3 is 2.83 bits per heavy atom. The Labute approximate surface area is 110 Å². The number of hydrogen-bond donors (Lipinski definition) is 1. The maximum Gasteiger partial charge on any atom is 0.150 e. The van der Waals surface area contributed by atoms with E-state index in [1.54, 1.807) is 0 Å². The minimum absolute atomic E-state index is 0.835. The molecule has 0 bridgehead atoms. The molecule has 0 unspecified atom stereocenters. The van der Waals surface area contributed by atoms with Crippen LogP contribution in [0.1, 0.15) is 37.6 Å². The van der Waals surface area contributed by atoms with Crippen LogP contribution < -0.4 is 5.32 Å². The maximum atomic E-state index is 5.33.